The average Bonchev–Trinajstić information content (AvgIpc) is 2.73. The number of nitrogens with one attached hydrogen (secondary N) is 1. The number of carbonyl (C=O) groups is 1. The van der Waals surface area contributed by atoms with Crippen LogP contribution in [0.1, 0.15) is 5.56 Å². The van der Waals surface area contributed by atoms with Gasteiger partial charge in [0.15, 0.2) is 0 Å². The zero-order valence-electron chi connectivity index (χ0n) is 17.6. The molecule has 1 N–H and O–H groups in total. The number of halogens is 1. The number of carbonyl (C=O) groups excluding carboxylic acids is 1. The molecule has 0 radical (unpaired) electrons. The number of nitrogens with zero attached hydrogens (tertiary/aromatic N) is 2. The first-order chi connectivity index (χ1) is 15.0. The van der Waals surface area contributed by atoms with E-state index in [4.69, 9.17) is 16.3 Å². The Morgan fingerprint density at radius 1 is 1.09 bits per heavy atom. The number of hydrogen-bond acceptors (Lipinski definition) is 6. The van der Waals surface area contributed by atoms with Crippen LogP contribution in [0.3, 0.4) is 0 Å². The van der Waals surface area contributed by atoms with Crippen LogP contribution in [0.4, 0.5) is 11.4 Å². The molecule has 3 rings (SSSR count). The number of rotatable bonds is 7. The Kier molecular flexibility index (Phi) is 7.46. The summed E-state index contributed by atoms with van der Waals surface area (Å²) in [5, 5.41) is 3.06. The number of morpholine rings is 1. The lowest BCUT2D eigenvalue weighted by Crippen LogP contribution is -2.40. The summed E-state index contributed by atoms with van der Waals surface area (Å²) in [5.74, 6) is -0.575. The minimum atomic E-state index is -3.74. The molecule has 0 spiro atoms. The molecule has 0 atom stereocenters. The van der Waals surface area contributed by atoms with Crippen LogP contribution >= 0.6 is 11.6 Å². The average molecular weight is 502 g/mol. The van der Waals surface area contributed by atoms with Crippen LogP contribution in [0.5, 0.6) is 0 Å². The van der Waals surface area contributed by atoms with Crippen molar-refractivity contribution < 1.29 is 26.4 Å². The zero-order valence-corrected chi connectivity index (χ0v) is 20.0. The van der Waals surface area contributed by atoms with Gasteiger partial charge in [-0.1, -0.05) is 11.6 Å². The van der Waals surface area contributed by atoms with E-state index >= 15 is 0 Å². The second-order valence-corrected chi connectivity index (χ2v) is 11.6. The van der Waals surface area contributed by atoms with Gasteiger partial charge in [0.05, 0.1) is 30.1 Å². The first-order valence-electron chi connectivity index (χ1n) is 9.70. The van der Waals surface area contributed by atoms with Crippen molar-refractivity contribution in [3.63, 3.8) is 0 Å². The SMILES string of the molecule is Cc1cc(Cl)ccc1N(CC(=O)Nc1ccc(S(=O)(=O)N2CCOCC2)cc1)S(C)(=O)=O. The molecule has 12 heteroatoms. The highest BCUT2D eigenvalue weighted by molar-refractivity contribution is 7.92. The van der Waals surface area contributed by atoms with Gasteiger partial charge in [-0.05, 0) is 55.0 Å². The monoisotopic (exact) mass is 501 g/mol. The summed E-state index contributed by atoms with van der Waals surface area (Å²) in [4.78, 5) is 12.7. The van der Waals surface area contributed by atoms with Gasteiger partial charge in [0, 0.05) is 23.8 Å². The van der Waals surface area contributed by atoms with E-state index in [9.17, 15) is 21.6 Å². The van der Waals surface area contributed by atoms with Crippen molar-refractivity contribution in [1.29, 1.82) is 0 Å². The van der Waals surface area contributed by atoms with E-state index < -0.39 is 32.5 Å². The largest absolute Gasteiger partial charge is 0.379 e. The summed E-state index contributed by atoms with van der Waals surface area (Å²) in [6, 6.07) is 10.4. The molecule has 0 unspecified atom stereocenters. The fourth-order valence-electron chi connectivity index (χ4n) is 3.26. The zero-order chi connectivity index (χ0) is 23.5. The fourth-order valence-corrected chi connectivity index (χ4v) is 5.81. The Bertz CT molecular complexity index is 1190. The second-order valence-electron chi connectivity index (χ2n) is 7.29. The molecule has 2 aromatic rings. The summed E-state index contributed by atoms with van der Waals surface area (Å²) in [7, 11) is -7.39. The number of hydrogen-bond donors (Lipinski definition) is 1. The molecule has 1 fully saturated rings. The van der Waals surface area contributed by atoms with Crippen molar-refractivity contribution in [3.8, 4) is 0 Å². The van der Waals surface area contributed by atoms with Crippen LogP contribution in [0.25, 0.3) is 0 Å². The number of benzene rings is 2. The first kappa shape index (κ1) is 24.5. The summed E-state index contributed by atoms with van der Waals surface area (Å²) in [5.41, 5.74) is 1.30. The first-order valence-corrected chi connectivity index (χ1v) is 13.4. The highest BCUT2D eigenvalue weighted by Gasteiger charge is 2.26. The maximum atomic E-state index is 12.7. The minimum absolute atomic E-state index is 0.104. The van der Waals surface area contributed by atoms with Crippen molar-refractivity contribution >= 4 is 48.9 Å². The van der Waals surface area contributed by atoms with Gasteiger partial charge in [0.2, 0.25) is 26.0 Å². The molecule has 1 aliphatic rings. The normalized spacial score (nSPS) is 15.3. The smallest absolute Gasteiger partial charge is 0.245 e. The highest BCUT2D eigenvalue weighted by Crippen LogP contribution is 2.26. The Morgan fingerprint density at radius 3 is 2.28 bits per heavy atom. The number of ether oxygens (including phenoxy) is 1. The maximum Gasteiger partial charge on any atom is 0.245 e. The standard InChI is InChI=1S/C20H24ClN3O6S2/c1-15-13-16(21)3-8-19(15)24(31(2,26)27)14-20(25)22-17-4-6-18(7-5-17)32(28,29)23-9-11-30-12-10-23/h3-8,13H,9-12,14H2,1-2H3,(H,22,25). The van der Waals surface area contributed by atoms with Gasteiger partial charge >= 0.3 is 0 Å². The molecule has 1 aliphatic heterocycles. The van der Waals surface area contributed by atoms with Crippen LogP contribution in [0, 0.1) is 6.92 Å². The number of sulfonamides is 2. The molecule has 1 saturated heterocycles. The lowest BCUT2D eigenvalue weighted by Gasteiger charge is -2.26. The van der Waals surface area contributed by atoms with Crippen LogP contribution < -0.4 is 9.62 Å². The molecule has 32 heavy (non-hydrogen) atoms. The lowest BCUT2D eigenvalue weighted by molar-refractivity contribution is -0.114. The van der Waals surface area contributed by atoms with Gasteiger partial charge in [0.1, 0.15) is 6.54 Å². The van der Waals surface area contributed by atoms with Crippen molar-refractivity contribution in [2.75, 3.05) is 48.7 Å². The van der Waals surface area contributed by atoms with Crippen molar-refractivity contribution in [2.24, 2.45) is 0 Å². The molecule has 9 nitrogen and oxygen atoms in total. The summed E-state index contributed by atoms with van der Waals surface area (Å²) < 4.78 is 57.5. The summed E-state index contributed by atoms with van der Waals surface area (Å²) in [6.07, 6.45) is 1.01. The van der Waals surface area contributed by atoms with E-state index in [-0.39, 0.29) is 18.0 Å². The molecule has 0 aromatic heterocycles. The highest BCUT2D eigenvalue weighted by atomic mass is 35.5. The van der Waals surface area contributed by atoms with Gasteiger partial charge < -0.3 is 10.1 Å². The molecule has 174 valence electrons. The van der Waals surface area contributed by atoms with Gasteiger partial charge in [-0.25, -0.2) is 16.8 Å². The number of aryl methyl sites for hydroxylation is 1. The molecular formula is C20H24ClN3O6S2. The predicted molar refractivity (Wildman–Crippen MR) is 123 cm³/mol. The quantitative estimate of drug-likeness (QED) is 0.621. The Balaban J connectivity index is 1.73. The Morgan fingerprint density at radius 2 is 1.72 bits per heavy atom. The van der Waals surface area contributed by atoms with E-state index in [2.05, 4.69) is 5.32 Å². The van der Waals surface area contributed by atoms with E-state index in [1.165, 1.54) is 34.6 Å². The Hall–Kier alpha value is -2.18. The molecule has 1 amide bonds. The fraction of sp³-hybridized carbons (Fsp3) is 0.350. The summed E-state index contributed by atoms with van der Waals surface area (Å²) >= 11 is 5.94. The van der Waals surface area contributed by atoms with Crippen molar-refractivity contribution in [1.82, 2.24) is 4.31 Å². The number of amides is 1. The molecular weight excluding hydrogens is 478 g/mol. The van der Waals surface area contributed by atoms with Crippen LogP contribution in [0.2, 0.25) is 5.02 Å². The molecule has 0 bridgehead atoms. The van der Waals surface area contributed by atoms with Gasteiger partial charge in [-0.15, -0.1) is 0 Å². The molecule has 0 aliphatic carbocycles. The van der Waals surface area contributed by atoms with E-state index in [0.29, 0.717) is 35.2 Å². The van der Waals surface area contributed by atoms with E-state index in [1.807, 2.05) is 0 Å². The number of anilines is 2. The molecule has 1 heterocycles. The van der Waals surface area contributed by atoms with Crippen LogP contribution in [-0.2, 0) is 29.6 Å². The lowest BCUT2D eigenvalue weighted by atomic mass is 10.2. The van der Waals surface area contributed by atoms with Gasteiger partial charge in [-0.3, -0.25) is 9.10 Å². The topological polar surface area (TPSA) is 113 Å². The third kappa shape index (κ3) is 5.78. The van der Waals surface area contributed by atoms with Gasteiger partial charge in [-0.2, -0.15) is 4.31 Å². The third-order valence-electron chi connectivity index (χ3n) is 4.86. The van der Waals surface area contributed by atoms with Crippen LogP contribution in [0.15, 0.2) is 47.4 Å². The van der Waals surface area contributed by atoms with Crippen molar-refractivity contribution in [2.45, 2.75) is 11.8 Å². The Labute approximate surface area is 193 Å². The van der Waals surface area contributed by atoms with Gasteiger partial charge in [0.25, 0.3) is 0 Å². The van der Waals surface area contributed by atoms with Crippen LogP contribution in [-0.4, -0.2) is 66.2 Å². The van der Waals surface area contributed by atoms with E-state index in [0.717, 1.165) is 10.6 Å². The second kappa shape index (κ2) is 9.75. The predicted octanol–water partition coefficient (Wildman–Crippen LogP) is 2.07. The molecule has 2 aromatic carbocycles. The summed E-state index contributed by atoms with van der Waals surface area (Å²) in [6.45, 7) is 2.51. The van der Waals surface area contributed by atoms with Crippen molar-refractivity contribution in [3.05, 3.63) is 53.1 Å². The third-order valence-corrected chi connectivity index (χ3v) is 8.14. The minimum Gasteiger partial charge on any atom is -0.379 e. The maximum absolute atomic E-state index is 12.7. The molecule has 0 saturated carbocycles. The van der Waals surface area contributed by atoms with E-state index in [1.54, 1.807) is 19.1 Å².